The van der Waals surface area contributed by atoms with Crippen LogP contribution in [0.3, 0.4) is 0 Å². The molecule has 0 spiro atoms. The first-order valence-corrected chi connectivity index (χ1v) is 6.99. The van der Waals surface area contributed by atoms with E-state index in [1.54, 1.807) is 30.3 Å². The molecule has 0 fully saturated rings. The zero-order valence-electron chi connectivity index (χ0n) is 11.3. The average molecular weight is 339 g/mol. The SMILES string of the molecule is NC(=O)Nc1ccc(C(=O)OCc2ccc(Cl)c(Cl)c2)cc1. The van der Waals surface area contributed by atoms with Crippen molar-refractivity contribution in [2.75, 3.05) is 5.32 Å². The van der Waals surface area contributed by atoms with Gasteiger partial charge in [-0.1, -0.05) is 29.3 Å². The maximum atomic E-state index is 11.9. The highest BCUT2D eigenvalue weighted by Crippen LogP contribution is 2.23. The van der Waals surface area contributed by atoms with Crippen molar-refractivity contribution < 1.29 is 14.3 Å². The van der Waals surface area contributed by atoms with Gasteiger partial charge in [0, 0.05) is 5.69 Å². The van der Waals surface area contributed by atoms with E-state index in [9.17, 15) is 9.59 Å². The molecule has 2 rings (SSSR count). The molecule has 7 heteroatoms. The van der Waals surface area contributed by atoms with E-state index in [1.807, 2.05) is 0 Å². The van der Waals surface area contributed by atoms with Crippen LogP contribution in [0, 0.1) is 0 Å². The molecule has 0 aliphatic rings. The van der Waals surface area contributed by atoms with Gasteiger partial charge >= 0.3 is 12.0 Å². The Morgan fingerprint density at radius 2 is 1.73 bits per heavy atom. The molecule has 0 saturated carbocycles. The number of carbonyl (C=O) groups excluding carboxylic acids is 2. The van der Waals surface area contributed by atoms with Gasteiger partial charge in [0.1, 0.15) is 6.61 Å². The van der Waals surface area contributed by atoms with E-state index < -0.39 is 12.0 Å². The zero-order chi connectivity index (χ0) is 16.1. The largest absolute Gasteiger partial charge is 0.457 e. The van der Waals surface area contributed by atoms with Gasteiger partial charge < -0.3 is 15.8 Å². The van der Waals surface area contributed by atoms with Gasteiger partial charge in [-0.25, -0.2) is 9.59 Å². The molecule has 3 N–H and O–H groups in total. The minimum Gasteiger partial charge on any atom is -0.457 e. The second-order valence-corrected chi connectivity index (χ2v) is 5.21. The molecule has 0 radical (unpaired) electrons. The van der Waals surface area contributed by atoms with Crippen molar-refractivity contribution in [1.82, 2.24) is 0 Å². The summed E-state index contributed by atoms with van der Waals surface area (Å²) in [5, 5.41) is 3.24. The van der Waals surface area contributed by atoms with Crippen LogP contribution in [-0.2, 0) is 11.3 Å². The molecular formula is C15H12Cl2N2O3. The molecule has 0 aliphatic carbocycles. The fourth-order valence-electron chi connectivity index (χ4n) is 1.69. The van der Waals surface area contributed by atoms with Gasteiger partial charge in [-0.3, -0.25) is 0 Å². The predicted octanol–water partition coefficient (Wildman–Crippen LogP) is 3.84. The van der Waals surface area contributed by atoms with E-state index in [4.69, 9.17) is 33.7 Å². The number of nitrogens with two attached hydrogens (primary N) is 1. The predicted molar refractivity (Wildman–Crippen MR) is 85.2 cm³/mol. The molecular weight excluding hydrogens is 327 g/mol. The highest BCUT2D eigenvalue weighted by Gasteiger charge is 2.08. The molecule has 0 unspecified atom stereocenters. The maximum absolute atomic E-state index is 11.9. The molecule has 22 heavy (non-hydrogen) atoms. The number of primary amides is 1. The van der Waals surface area contributed by atoms with Crippen LogP contribution >= 0.6 is 23.2 Å². The Morgan fingerprint density at radius 3 is 2.32 bits per heavy atom. The fraction of sp³-hybridized carbons (Fsp3) is 0.0667. The first-order chi connectivity index (χ1) is 10.5. The molecule has 2 aromatic rings. The third-order valence-corrected chi connectivity index (χ3v) is 3.48. The molecule has 5 nitrogen and oxygen atoms in total. The average Bonchev–Trinajstić information content (AvgIpc) is 2.48. The quantitative estimate of drug-likeness (QED) is 0.831. The van der Waals surface area contributed by atoms with Crippen molar-refractivity contribution in [2.45, 2.75) is 6.61 Å². The number of benzene rings is 2. The van der Waals surface area contributed by atoms with Crippen molar-refractivity contribution in [3.05, 3.63) is 63.6 Å². The van der Waals surface area contributed by atoms with Gasteiger partial charge in [0.05, 0.1) is 15.6 Å². The van der Waals surface area contributed by atoms with Crippen LogP contribution < -0.4 is 11.1 Å². The summed E-state index contributed by atoms with van der Waals surface area (Å²) in [5.41, 5.74) is 6.58. The number of anilines is 1. The third kappa shape index (κ3) is 4.38. The number of hydrogen-bond acceptors (Lipinski definition) is 3. The van der Waals surface area contributed by atoms with E-state index in [2.05, 4.69) is 5.32 Å². The number of halogens is 2. The standard InChI is InChI=1S/C15H12Cl2N2O3/c16-12-6-1-9(7-13(12)17)8-22-14(20)10-2-4-11(5-3-10)19-15(18)21/h1-7H,8H2,(H3,18,19,21). The lowest BCUT2D eigenvalue weighted by Gasteiger charge is -2.07. The van der Waals surface area contributed by atoms with Crippen molar-refractivity contribution in [1.29, 1.82) is 0 Å². The molecule has 2 aromatic carbocycles. The number of hydrogen-bond donors (Lipinski definition) is 2. The second-order valence-electron chi connectivity index (χ2n) is 4.39. The third-order valence-electron chi connectivity index (χ3n) is 2.74. The lowest BCUT2D eigenvalue weighted by atomic mass is 10.2. The Labute approximate surface area is 137 Å². The minimum atomic E-state index is -0.671. The maximum Gasteiger partial charge on any atom is 0.338 e. The first-order valence-electron chi connectivity index (χ1n) is 6.23. The molecule has 0 aliphatic heterocycles. The van der Waals surface area contributed by atoms with Crippen molar-refractivity contribution in [3.8, 4) is 0 Å². The summed E-state index contributed by atoms with van der Waals surface area (Å²) in [7, 11) is 0. The van der Waals surface area contributed by atoms with E-state index >= 15 is 0 Å². The van der Waals surface area contributed by atoms with Crippen LogP contribution in [0.25, 0.3) is 0 Å². The number of ether oxygens (including phenoxy) is 1. The lowest BCUT2D eigenvalue weighted by molar-refractivity contribution is 0.0473. The lowest BCUT2D eigenvalue weighted by Crippen LogP contribution is -2.19. The van der Waals surface area contributed by atoms with Gasteiger partial charge in [0.25, 0.3) is 0 Å². The Hall–Kier alpha value is -2.24. The molecule has 0 heterocycles. The Bertz CT molecular complexity index is 702. The Morgan fingerprint density at radius 1 is 1.05 bits per heavy atom. The van der Waals surface area contributed by atoms with Gasteiger partial charge in [-0.2, -0.15) is 0 Å². The summed E-state index contributed by atoms with van der Waals surface area (Å²) in [6.07, 6.45) is 0. The van der Waals surface area contributed by atoms with Gasteiger partial charge in [0.15, 0.2) is 0 Å². The number of urea groups is 1. The van der Waals surface area contributed by atoms with Crippen LogP contribution in [0.1, 0.15) is 15.9 Å². The fourth-order valence-corrected chi connectivity index (χ4v) is 2.01. The summed E-state index contributed by atoms with van der Waals surface area (Å²) in [5.74, 6) is -0.489. The second kappa shape index (κ2) is 7.15. The van der Waals surface area contributed by atoms with Crippen molar-refractivity contribution in [3.63, 3.8) is 0 Å². The molecule has 2 amide bonds. The Balaban J connectivity index is 1.96. The number of amides is 2. The normalized spacial score (nSPS) is 10.1. The van der Waals surface area contributed by atoms with Crippen LogP contribution in [0.15, 0.2) is 42.5 Å². The van der Waals surface area contributed by atoms with E-state index in [-0.39, 0.29) is 6.61 Å². The molecule has 0 aromatic heterocycles. The van der Waals surface area contributed by atoms with Crippen LogP contribution in [0.2, 0.25) is 10.0 Å². The number of rotatable bonds is 4. The highest BCUT2D eigenvalue weighted by atomic mass is 35.5. The number of carbonyl (C=O) groups is 2. The van der Waals surface area contributed by atoms with E-state index in [1.165, 1.54) is 12.1 Å². The first kappa shape index (κ1) is 16.1. The number of esters is 1. The monoisotopic (exact) mass is 338 g/mol. The summed E-state index contributed by atoms with van der Waals surface area (Å²) < 4.78 is 5.18. The summed E-state index contributed by atoms with van der Waals surface area (Å²) >= 11 is 11.7. The van der Waals surface area contributed by atoms with Crippen molar-refractivity contribution in [2.24, 2.45) is 5.73 Å². The van der Waals surface area contributed by atoms with Gasteiger partial charge in [0.2, 0.25) is 0 Å². The van der Waals surface area contributed by atoms with E-state index in [0.29, 0.717) is 21.3 Å². The molecule has 0 bridgehead atoms. The van der Waals surface area contributed by atoms with Crippen molar-refractivity contribution >= 4 is 40.9 Å². The topological polar surface area (TPSA) is 81.4 Å². The van der Waals surface area contributed by atoms with Gasteiger partial charge in [-0.15, -0.1) is 0 Å². The molecule has 0 atom stereocenters. The number of nitrogens with one attached hydrogen (secondary N) is 1. The summed E-state index contributed by atoms with van der Waals surface area (Å²) in [6.45, 7) is 0.0804. The molecule has 0 saturated heterocycles. The summed E-state index contributed by atoms with van der Waals surface area (Å²) in [4.78, 5) is 22.6. The zero-order valence-corrected chi connectivity index (χ0v) is 12.8. The van der Waals surface area contributed by atoms with Crippen LogP contribution in [-0.4, -0.2) is 12.0 Å². The summed E-state index contributed by atoms with van der Waals surface area (Å²) in [6, 6.07) is 10.5. The van der Waals surface area contributed by atoms with Gasteiger partial charge in [-0.05, 0) is 42.0 Å². The minimum absolute atomic E-state index is 0.0804. The molecule has 114 valence electrons. The smallest absolute Gasteiger partial charge is 0.338 e. The van der Waals surface area contributed by atoms with Crippen LogP contribution in [0.5, 0.6) is 0 Å². The van der Waals surface area contributed by atoms with Crippen LogP contribution in [0.4, 0.5) is 10.5 Å². The Kier molecular flexibility index (Phi) is 5.25. The highest BCUT2D eigenvalue weighted by molar-refractivity contribution is 6.42. The van der Waals surface area contributed by atoms with E-state index in [0.717, 1.165) is 5.56 Å².